The van der Waals surface area contributed by atoms with Crippen molar-refractivity contribution in [1.29, 1.82) is 0 Å². The second-order valence-electron chi connectivity index (χ2n) is 5.67. The van der Waals surface area contributed by atoms with Gasteiger partial charge < -0.3 is 15.5 Å². The van der Waals surface area contributed by atoms with Crippen molar-refractivity contribution in [2.75, 3.05) is 31.1 Å². The molecule has 2 amide bonds. The zero-order valence-corrected chi connectivity index (χ0v) is 14.6. The molecule has 2 aromatic carbocycles. The lowest BCUT2D eigenvalue weighted by Gasteiger charge is -2.23. The molecule has 0 aromatic heterocycles. The maximum Gasteiger partial charge on any atom is 0.251 e. The molecule has 0 heterocycles. The number of anilines is 1. The summed E-state index contributed by atoms with van der Waals surface area (Å²) in [6.45, 7) is 4.49. The van der Waals surface area contributed by atoms with Crippen LogP contribution in [0, 0.1) is 0 Å². The van der Waals surface area contributed by atoms with Crippen LogP contribution in [0.2, 0.25) is 0 Å². The van der Waals surface area contributed by atoms with Crippen molar-refractivity contribution in [3.63, 3.8) is 0 Å². The van der Waals surface area contributed by atoms with Gasteiger partial charge in [-0.2, -0.15) is 0 Å². The first-order valence-electron chi connectivity index (χ1n) is 8.60. The first kappa shape index (κ1) is 18.5. The van der Waals surface area contributed by atoms with Gasteiger partial charge in [-0.1, -0.05) is 36.4 Å². The van der Waals surface area contributed by atoms with E-state index in [0.29, 0.717) is 12.1 Å². The summed E-state index contributed by atoms with van der Waals surface area (Å²) < 4.78 is 0. The Kier molecular flexibility index (Phi) is 7.50. The number of hydrogen-bond acceptors (Lipinski definition) is 3. The number of carbonyl (C=O) groups excluding carboxylic acids is 2. The fraction of sp³-hybridized carbons (Fsp3) is 0.300. The molecule has 0 aliphatic heterocycles. The highest BCUT2D eigenvalue weighted by atomic mass is 16.2. The second-order valence-corrected chi connectivity index (χ2v) is 5.67. The predicted molar refractivity (Wildman–Crippen MR) is 101 cm³/mol. The van der Waals surface area contributed by atoms with Gasteiger partial charge >= 0.3 is 0 Å². The van der Waals surface area contributed by atoms with Crippen molar-refractivity contribution in [3.8, 4) is 0 Å². The largest absolute Gasteiger partial charge is 0.372 e. The van der Waals surface area contributed by atoms with E-state index in [1.807, 2.05) is 24.3 Å². The molecule has 5 heteroatoms. The fourth-order valence-corrected chi connectivity index (χ4v) is 2.52. The van der Waals surface area contributed by atoms with Crippen molar-refractivity contribution < 1.29 is 9.59 Å². The summed E-state index contributed by atoms with van der Waals surface area (Å²) in [6.07, 6.45) is 0.848. The van der Waals surface area contributed by atoms with Crippen LogP contribution in [0.15, 0.2) is 60.7 Å². The third-order valence-electron chi connectivity index (χ3n) is 3.88. The molecule has 0 radical (unpaired) electrons. The van der Waals surface area contributed by atoms with E-state index in [9.17, 15) is 9.59 Å². The van der Waals surface area contributed by atoms with Gasteiger partial charge in [-0.15, -0.1) is 0 Å². The quantitative estimate of drug-likeness (QED) is 0.690. The fourth-order valence-electron chi connectivity index (χ4n) is 2.52. The smallest absolute Gasteiger partial charge is 0.251 e. The Balaban J connectivity index is 1.64. The minimum absolute atomic E-state index is 0.0100. The van der Waals surface area contributed by atoms with Gasteiger partial charge in [0.15, 0.2) is 0 Å². The lowest BCUT2D eigenvalue weighted by molar-refractivity contribution is -0.120. The van der Waals surface area contributed by atoms with E-state index in [-0.39, 0.29) is 18.4 Å². The molecule has 2 aromatic rings. The van der Waals surface area contributed by atoms with Gasteiger partial charge in [0.1, 0.15) is 0 Å². The minimum Gasteiger partial charge on any atom is -0.372 e. The number of amides is 2. The van der Waals surface area contributed by atoms with E-state index >= 15 is 0 Å². The number of rotatable bonds is 9. The number of hydrogen-bond donors (Lipinski definition) is 2. The summed E-state index contributed by atoms with van der Waals surface area (Å²) in [5.74, 6) is -0.413. The van der Waals surface area contributed by atoms with Crippen LogP contribution in [-0.4, -0.2) is 38.0 Å². The number of nitrogens with one attached hydrogen (secondary N) is 2. The molecular weight excluding hydrogens is 314 g/mol. The Morgan fingerprint density at radius 3 is 2.20 bits per heavy atom. The number of carbonyl (C=O) groups is 2. The summed E-state index contributed by atoms with van der Waals surface area (Å²) in [5, 5.41) is 5.46. The number of para-hydroxylation sites is 1. The van der Waals surface area contributed by atoms with Gasteiger partial charge in [-0.05, 0) is 37.6 Å². The SMILES string of the molecule is CCN(CCCNC(=O)CNC(=O)c1ccccc1)c1ccccc1. The van der Waals surface area contributed by atoms with E-state index < -0.39 is 0 Å². The molecular formula is C20H25N3O2. The normalized spacial score (nSPS) is 10.1. The molecule has 2 rings (SSSR count). The molecule has 0 unspecified atom stereocenters. The first-order chi connectivity index (χ1) is 12.2. The maximum atomic E-state index is 11.9. The van der Waals surface area contributed by atoms with E-state index in [1.54, 1.807) is 24.3 Å². The van der Waals surface area contributed by atoms with Crippen LogP contribution in [0.1, 0.15) is 23.7 Å². The van der Waals surface area contributed by atoms with Crippen LogP contribution in [0.5, 0.6) is 0 Å². The molecule has 132 valence electrons. The van der Waals surface area contributed by atoms with Crippen LogP contribution in [-0.2, 0) is 4.79 Å². The summed E-state index contributed by atoms with van der Waals surface area (Å²) in [7, 11) is 0. The van der Waals surface area contributed by atoms with Gasteiger partial charge in [-0.25, -0.2) is 0 Å². The van der Waals surface area contributed by atoms with Gasteiger partial charge in [0.25, 0.3) is 5.91 Å². The van der Waals surface area contributed by atoms with Gasteiger partial charge in [0, 0.05) is 30.9 Å². The zero-order valence-electron chi connectivity index (χ0n) is 14.6. The van der Waals surface area contributed by atoms with Gasteiger partial charge in [0.05, 0.1) is 6.54 Å². The molecule has 0 saturated carbocycles. The van der Waals surface area contributed by atoms with Crippen molar-refractivity contribution in [1.82, 2.24) is 10.6 Å². The highest BCUT2D eigenvalue weighted by molar-refractivity contribution is 5.96. The van der Waals surface area contributed by atoms with Crippen molar-refractivity contribution in [2.45, 2.75) is 13.3 Å². The topological polar surface area (TPSA) is 61.4 Å². The molecule has 0 saturated heterocycles. The number of nitrogens with zero attached hydrogens (tertiary/aromatic N) is 1. The van der Waals surface area contributed by atoms with Crippen molar-refractivity contribution >= 4 is 17.5 Å². The molecule has 0 spiro atoms. The summed E-state index contributed by atoms with van der Waals surface area (Å²) in [5.41, 5.74) is 1.74. The Bertz CT molecular complexity index is 659. The Hall–Kier alpha value is -2.82. The van der Waals surface area contributed by atoms with Gasteiger partial charge in [-0.3, -0.25) is 9.59 Å². The lowest BCUT2D eigenvalue weighted by atomic mass is 10.2. The molecule has 0 fully saturated rings. The summed E-state index contributed by atoms with van der Waals surface area (Å²) >= 11 is 0. The third kappa shape index (κ3) is 6.30. The van der Waals surface area contributed by atoms with Crippen LogP contribution in [0.3, 0.4) is 0 Å². The van der Waals surface area contributed by atoms with Crippen LogP contribution in [0.4, 0.5) is 5.69 Å². The van der Waals surface area contributed by atoms with Gasteiger partial charge in [0.2, 0.25) is 5.91 Å². The van der Waals surface area contributed by atoms with Crippen LogP contribution in [0.25, 0.3) is 0 Å². The molecule has 0 aliphatic carbocycles. The maximum absolute atomic E-state index is 11.9. The van der Waals surface area contributed by atoms with E-state index in [1.165, 1.54) is 5.69 Å². The first-order valence-corrected chi connectivity index (χ1v) is 8.60. The second kappa shape index (κ2) is 10.1. The third-order valence-corrected chi connectivity index (χ3v) is 3.88. The highest BCUT2D eigenvalue weighted by Crippen LogP contribution is 2.12. The van der Waals surface area contributed by atoms with E-state index in [2.05, 4.69) is 34.6 Å². The number of benzene rings is 2. The summed E-state index contributed by atoms with van der Waals surface area (Å²) in [4.78, 5) is 26.0. The Morgan fingerprint density at radius 1 is 0.920 bits per heavy atom. The van der Waals surface area contributed by atoms with Crippen LogP contribution < -0.4 is 15.5 Å². The molecule has 0 atom stereocenters. The van der Waals surface area contributed by atoms with E-state index in [4.69, 9.17) is 0 Å². The Morgan fingerprint density at radius 2 is 1.56 bits per heavy atom. The zero-order chi connectivity index (χ0) is 17.9. The molecule has 0 aliphatic rings. The average molecular weight is 339 g/mol. The average Bonchev–Trinajstić information content (AvgIpc) is 2.67. The molecule has 25 heavy (non-hydrogen) atoms. The van der Waals surface area contributed by atoms with E-state index in [0.717, 1.165) is 19.5 Å². The molecule has 0 bridgehead atoms. The van der Waals surface area contributed by atoms with Crippen LogP contribution >= 0.6 is 0 Å². The van der Waals surface area contributed by atoms with Crippen molar-refractivity contribution in [2.24, 2.45) is 0 Å². The highest BCUT2D eigenvalue weighted by Gasteiger charge is 2.07. The minimum atomic E-state index is -0.239. The molecule has 2 N–H and O–H groups in total. The predicted octanol–water partition coefficient (Wildman–Crippen LogP) is 2.45. The Labute approximate surface area is 149 Å². The lowest BCUT2D eigenvalue weighted by Crippen LogP contribution is -2.38. The monoisotopic (exact) mass is 339 g/mol. The van der Waals surface area contributed by atoms with Crippen molar-refractivity contribution in [3.05, 3.63) is 66.2 Å². The summed E-state index contributed by atoms with van der Waals surface area (Å²) in [6, 6.07) is 19.1. The molecule has 5 nitrogen and oxygen atoms in total. The standard InChI is InChI=1S/C20H25N3O2/c1-2-23(18-12-7-4-8-13-18)15-9-14-21-19(24)16-22-20(25)17-10-5-3-6-11-17/h3-8,10-13H,2,9,14-16H2,1H3,(H,21,24)(H,22,25).